The van der Waals surface area contributed by atoms with Gasteiger partial charge in [-0.25, -0.2) is 9.78 Å². The molecule has 0 aromatic carbocycles. The fourth-order valence-electron chi connectivity index (χ4n) is 1.50. The molecule has 0 bridgehead atoms. The SMILES string of the molecule is CCC(C)[C@@H](CNC(=O)O)Nc1nc(Cl)ncc1Br. The third kappa shape index (κ3) is 5.20. The van der Waals surface area contributed by atoms with E-state index >= 15 is 0 Å². The highest BCUT2D eigenvalue weighted by molar-refractivity contribution is 9.10. The summed E-state index contributed by atoms with van der Waals surface area (Å²) in [6, 6.07) is -0.0802. The minimum Gasteiger partial charge on any atom is -0.465 e. The van der Waals surface area contributed by atoms with E-state index in [2.05, 4.69) is 36.5 Å². The van der Waals surface area contributed by atoms with Gasteiger partial charge in [0.05, 0.1) is 4.47 Å². The van der Waals surface area contributed by atoms with Gasteiger partial charge in [0.2, 0.25) is 5.28 Å². The first-order valence-electron chi connectivity index (χ1n) is 5.85. The number of hydrogen-bond acceptors (Lipinski definition) is 4. The molecule has 106 valence electrons. The largest absolute Gasteiger partial charge is 0.465 e. The molecule has 1 aromatic heterocycles. The molecule has 0 aliphatic heterocycles. The molecule has 1 heterocycles. The van der Waals surface area contributed by atoms with Crippen molar-refractivity contribution in [3.63, 3.8) is 0 Å². The maximum absolute atomic E-state index is 10.6. The van der Waals surface area contributed by atoms with E-state index in [1.165, 1.54) is 0 Å². The third-order valence-corrected chi connectivity index (χ3v) is 3.60. The summed E-state index contributed by atoms with van der Waals surface area (Å²) in [5.41, 5.74) is 0. The van der Waals surface area contributed by atoms with E-state index in [0.29, 0.717) is 16.8 Å². The maximum Gasteiger partial charge on any atom is 0.404 e. The predicted octanol–water partition coefficient (Wildman–Crippen LogP) is 2.99. The zero-order chi connectivity index (χ0) is 14.4. The average Bonchev–Trinajstić information content (AvgIpc) is 2.37. The van der Waals surface area contributed by atoms with Gasteiger partial charge in [0, 0.05) is 18.8 Å². The Labute approximate surface area is 125 Å². The van der Waals surface area contributed by atoms with Gasteiger partial charge in [-0.1, -0.05) is 20.3 Å². The smallest absolute Gasteiger partial charge is 0.404 e. The summed E-state index contributed by atoms with van der Waals surface area (Å²) in [5, 5.41) is 14.4. The van der Waals surface area contributed by atoms with Crippen molar-refractivity contribution < 1.29 is 9.90 Å². The number of nitrogens with one attached hydrogen (secondary N) is 2. The molecule has 8 heteroatoms. The highest BCUT2D eigenvalue weighted by atomic mass is 79.9. The van der Waals surface area contributed by atoms with Gasteiger partial charge in [-0.15, -0.1) is 0 Å². The topological polar surface area (TPSA) is 87.1 Å². The first-order chi connectivity index (χ1) is 8.93. The zero-order valence-corrected chi connectivity index (χ0v) is 13.0. The predicted molar refractivity (Wildman–Crippen MR) is 77.6 cm³/mol. The van der Waals surface area contributed by atoms with Gasteiger partial charge in [0.15, 0.2) is 0 Å². The van der Waals surface area contributed by atoms with Crippen LogP contribution >= 0.6 is 27.5 Å². The fourth-order valence-corrected chi connectivity index (χ4v) is 1.94. The number of carboxylic acid groups (broad SMARTS) is 1. The lowest BCUT2D eigenvalue weighted by atomic mass is 9.99. The van der Waals surface area contributed by atoms with Crippen LogP contribution in [0.3, 0.4) is 0 Å². The number of anilines is 1. The molecule has 2 atom stereocenters. The van der Waals surface area contributed by atoms with Crippen molar-refractivity contribution in [2.45, 2.75) is 26.3 Å². The standard InChI is InChI=1S/C11H16BrClN4O2/c1-3-6(2)8(5-15-11(18)19)16-9-7(12)4-14-10(13)17-9/h4,6,8,15H,3,5H2,1-2H3,(H,18,19)(H,14,16,17)/t6?,8-/m1/s1. The van der Waals surface area contributed by atoms with Gasteiger partial charge in [-0.3, -0.25) is 0 Å². The van der Waals surface area contributed by atoms with E-state index in [1.807, 2.05) is 13.8 Å². The van der Waals surface area contributed by atoms with Gasteiger partial charge in [0.1, 0.15) is 5.82 Å². The molecule has 0 fully saturated rings. The first-order valence-corrected chi connectivity index (χ1v) is 7.02. The number of hydrogen-bond donors (Lipinski definition) is 3. The van der Waals surface area contributed by atoms with Crippen LogP contribution in [0.2, 0.25) is 5.28 Å². The van der Waals surface area contributed by atoms with Crippen LogP contribution in [0, 0.1) is 5.92 Å². The third-order valence-electron chi connectivity index (χ3n) is 2.84. The molecule has 1 aromatic rings. The molecule has 1 unspecified atom stereocenters. The molecule has 0 saturated heterocycles. The van der Waals surface area contributed by atoms with Crippen molar-refractivity contribution in [2.24, 2.45) is 5.92 Å². The Kier molecular flexibility index (Phi) is 6.30. The van der Waals surface area contributed by atoms with Crippen LogP contribution in [0.5, 0.6) is 0 Å². The van der Waals surface area contributed by atoms with Crippen LogP contribution in [0.25, 0.3) is 0 Å². The lowest BCUT2D eigenvalue weighted by Gasteiger charge is -2.25. The van der Waals surface area contributed by atoms with Crippen LogP contribution in [0.4, 0.5) is 10.6 Å². The Bertz CT molecular complexity index is 447. The van der Waals surface area contributed by atoms with Crippen molar-refractivity contribution in [3.8, 4) is 0 Å². The molecule has 0 saturated carbocycles. The second-order valence-electron chi connectivity index (χ2n) is 4.16. The Morgan fingerprint density at radius 2 is 2.32 bits per heavy atom. The van der Waals surface area contributed by atoms with Crippen LogP contribution in [-0.2, 0) is 0 Å². The van der Waals surface area contributed by atoms with E-state index in [-0.39, 0.29) is 17.2 Å². The summed E-state index contributed by atoms with van der Waals surface area (Å²) in [7, 11) is 0. The summed E-state index contributed by atoms with van der Waals surface area (Å²) in [5.74, 6) is 0.824. The van der Waals surface area contributed by atoms with Gasteiger partial charge < -0.3 is 15.7 Å². The van der Waals surface area contributed by atoms with Crippen molar-refractivity contribution in [1.82, 2.24) is 15.3 Å². The Hall–Kier alpha value is -1.08. The normalized spacial score (nSPS) is 13.7. The minimum absolute atomic E-state index is 0.0802. The fraction of sp³-hybridized carbons (Fsp3) is 0.545. The number of carbonyl (C=O) groups is 1. The molecular formula is C11H16BrClN4O2. The summed E-state index contributed by atoms with van der Waals surface area (Å²) >= 11 is 9.08. The molecule has 0 aliphatic carbocycles. The van der Waals surface area contributed by atoms with Gasteiger partial charge in [0.25, 0.3) is 0 Å². The van der Waals surface area contributed by atoms with Gasteiger partial charge >= 0.3 is 6.09 Å². The molecule has 6 nitrogen and oxygen atoms in total. The van der Waals surface area contributed by atoms with Crippen molar-refractivity contribution in [3.05, 3.63) is 16.0 Å². The van der Waals surface area contributed by atoms with Crippen LogP contribution in [0.1, 0.15) is 20.3 Å². The molecule has 0 radical (unpaired) electrons. The summed E-state index contributed by atoms with van der Waals surface area (Å²) in [6.07, 6.45) is 1.42. The lowest BCUT2D eigenvalue weighted by Crippen LogP contribution is -2.40. The molecule has 1 amide bonds. The highest BCUT2D eigenvalue weighted by Crippen LogP contribution is 2.22. The van der Waals surface area contributed by atoms with Gasteiger partial charge in [-0.2, -0.15) is 4.98 Å². The second kappa shape index (κ2) is 7.49. The second-order valence-corrected chi connectivity index (χ2v) is 5.35. The molecule has 0 spiro atoms. The Balaban J connectivity index is 2.80. The van der Waals surface area contributed by atoms with E-state index < -0.39 is 6.09 Å². The average molecular weight is 352 g/mol. The van der Waals surface area contributed by atoms with Gasteiger partial charge in [-0.05, 0) is 33.4 Å². The zero-order valence-electron chi connectivity index (χ0n) is 10.7. The lowest BCUT2D eigenvalue weighted by molar-refractivity contribution is 0.193. The van der Waals surface area contributed by atoms with Crippen LogP contribution in [0.15, 0.2) is 10.7 Å². The molecule has 3 N–H and O–H groups in total. The monoisotopic (exact) mass is 350 g/mol. The number of amides is 1. The number of rotatable bonds is 6. The molecule has 0 aliphatic rings. The van der Waals surface area contributed by atoms with E-state index in [4.69, 9.17) is 16.7 Å². The number of nitrogens with zero attached hydrogens (tertiary/aromatic N) is 2. The minimum atomic E-state index is -1.05. The summed E-state index contributed by atoms with van der Waals surface area (Å²) in [6.45, 7) is 4.37. The molecule has 19 heavy (non-hydrogen) atoms. The number of halogens is 2. The Morgan fingerprint density at radius 3 is 2.89 bits per heavy atom. The Morgan fingerprint density at radius 1 is 1.63 bits per heavy atom. The van der Waals surface area contributed by atoms with Crippen LogP contribution in [-0.4, -0.2) is 33.8 Å². The molecule has 1 rings (SSSR count). The van der Waals surface area contributed by atoms with E-state index in [0.717, 1.165) is 6.42 Å². The molecular weight excluding hydrogens is 336 g/mol. The van der Waals surface area contributed by atoms with Crippen LogP contribution < -0.4 is 10.6 Å². The van der Waals surface area contributed by atoms with E-state index in [1.54, 1.807) is 6.20 Å². The van der Waals surface area contributed by atoms with Crippen molar-refractivity contribution >= 4 is 39.4 Å². The number of aromatic nitrogens is 2. The maximum atomic E-state index is 10.6. The first kappa shape index (κ1) is 16.0. The van der Waals surface area contributed by atoms with Crippen molar-refractivity contribution in [1.29, 1.82) is 0 Å². The highest BCUT2D eigenvalue weighted by Gasteiger charge is 2.18. The van der Waals surface area contributed by atoms with Crippen molar-refractivity contribution in [2.75, 3.05) is 11.9 Å². The van der Waals surface area contributed by atoms with E-state index in [9.17, 15) is 4.79 Å². The summed E-state index contributed by atoms with van der Waals surface area (Å²) < 4.78 is 0.681. The quantitative estimate of drug-likeness (QED) is 0.686. The summed E-state index contributed by atoms with van der Waals surface area (Å²) in [4.78, 5) is 18.5.